The Bertz CT molecular complexity index is 578. The van der Waals surface area contributed by atoms with Gasteiger partial charge in [-0.25, -0.2) is 0 Å². The van der Waals surface area contributed by atoms with E-state index in [1.807, 2.05) is 24.3 Å². The summed E-state index contributed by atoms with van der Waals surface area (Å²) in [6.45, 7) is 0.814. The summed E-state index contributed by atoms with van der Waals surface area (Å²) in [6, 6.07) is 7.82. The molecular weight excluding hydrogens is 306 g/mol. The number of H-pyrrole nitrogens is 1. The number of rotatable bonds is 4. The van der Waals surface area contributed by atoms with Crippen LogP contribution >= 0.6 is 15.9 Å². The number of nitrogens with two attached hydrogens (primary N) is 1. The van der Waals surface area contributed by atoms with Crippen LogP contribution in [0.5, 0.6) is 5.75 Å². The van der Waals surface area contributed by atoms with Gasteiger partial charge in [-0.3, -0.25) is 5.10 Å². The van der Waals surface area contributed by atoms with Gasteiger partial charge in [0.2, 0.25) is 0 Å². The van der Waals surface area contributed by atoms with Gasteiger partial charge in [-0.2, -0.15) is 5.10 Å². The quantitative estimate of drug-likeness (QED) is 0.904. The second-order valence-corrected chi connectivity index (χ2v) is 5.81. The van der Waals surface area contributed by atoms with E-state index in [2.05, 4.69) is 26.1 Å². The molecule has 0 aliphatic heterocycles. The number of halogens is 1. The summed E-state index contributed by atoms with van der Waals surface area (Å²) in [5, 5.41) is 6.83. The molecule has 1 aliphatic rings. The van der Waals surface area contributed by atoms with E-state index in [0.29, 0.717) is 5.82 Å². The van der Waals surface area contributed by atoms with Crippen molar-refractivity contribution in [1.82, 2.24) is 10.2 Å². The second-order valence-electron chi connectivity index (χ2n) is 4.96. The zero-order valence-corrected chi connectivity index (χ0v) is 12.1. The molecule has 1 fully saturated rings. The fraction of sp³-hybridized carbons (Fsp3) is 0.357. The van der Waals surface area contributed by atoms with E-state index < -0.39 is 0 Å². The van der Waals surface area contributed by atoms with Crippen molar-refractivity contribution in [1.29, 1.82) is 0 Å². The van der Waals surface area contributed by atoms with E-state index in [1.165, 1.54) is 19.3 Å². The lowest BCUT2D eigenvalue weighted by molar-refractivity contribution is 0.180. The monoisotopic (exact) mass is 321 g/mol. The fourth-order valence-corrected chi connectivity index (χ4v) is 2.63. The highest BCUT2D eigenvalue weighted by atomic mass is 79.9. The van der Waals surface area contributed by atoms with Crippen molar-refractivity contribution in [2.24, 2.45) is 5.92 Å². The minimum absolute atomic E-state index is 0.497. The number of nitrogens with one attached hydrogen (secondary N) is 1. The highest BCUT2D eigenvalue weighted by Crippen LogP contribution is 2.32. The molecule has 1 aromatic heterocycles. The van der Waals surface area contributed by atoms with E-state index >= 15 is 0 Å². The van der Waals surface area contributed by atoms with E-state index in [-0.39, 0.29) is 0 Å². The Morgan fingerprint density at radius 3 is 2.79 bits per heavy atom. The molecule has 1 aliphatic carbocycles. The van der Waals surface area contributed by atoms with Gasteiger partial charge in [0, 0.05) is 11.6 Å². The third-order valence-electron chi connectivity index (χ3n) is 3.54. The summed E-state index contributed by atoms with van der Waals surface area (Å²) >= 11 is 3.55. The van der Waals surface area contributed by atoms with Crippen LogP contribution in [0.3, 0.4) is 0 Å². The Kier molecular flexibility index (Phi) is 3.46. The summed E-state index contributed by atoms with van der Waals surface area (Å²) in [5.74, 6) is 2.12. The number of ether oxygens (including phenoxy) is 1. The zero-order valence-electron chi connectivity index (χ0n) is 10.5. The van der Waals surface area contributed by atoms with Crippen molar-refractivity contribution < 1.29 is 4.74 Å². The highest BCUT2D eigenvalue weighted by molar-refractivity contribution is 9.10. The number of aromatic nitrogens is 2. The SMILES string of the molecule is Nc1cc(-c2ccc(OCC3CCC3)c(Br)c2)[nH]n1. The van der Waals surface area contributed by atoms with Crippen LogP contribution in [0.25, 0.3) is 11.3 Å². The van der Waals surface area contributed by atoms with Gasteiger partial charge in [0.05, 0.1) is 16.8 Å². The summed E-state index contributed by atoms with van der Waals surface area (Å²) in [7, 11) is 0. The van der Waals surface area contributed by atoms with Crippen LogP contribution in [-0.4, -0.2) is 16.8 Å². The van der Waals surface area contributed by atoms with Gasteiger partial charge in [0.25, 0.3) is 0 Å². The molecule has 3 rings (SSSR count). The van der Waals surface area contributed by atoms with E-state index in [1.54, 1.807) is 0 Å². The van der Waals surface area contributed by atoms with Crippen molar-refractivity contribution >= 4 is 21.7 Å². The lowest BCUT2D eigenvalue weighted by atomic mass is 9.86. The average molecular weight is 322 g/mol. The van der Waals surface area contributed by atoms with E-state index in [4.69, 9.17) is 10.5 Å². The Hall–Kier alpha value is -1.49. The van der Waals surface area contributed by atoms with Gasteiger partial charge in [-0.1, -0.05) is 6.42 Å². The molecule has 0 saturated heterocycles. The lowest BCUT2D eigenvalue weighted by Gasteiger charge is -2.25. The Balaban J connectivity index is 1.73. The first-order chi connectivity index (χ1) is 9.22. The molecule has 0 atom stereocenters. The van der Waals surface area contributed by atoms with Gasteiger partial charge < -0.3 is 10.5 Å². The summed E-state index contributed by atoms with van der Waals surface area (Å²) in [6.07, 6.45) is 3.93. The average Bonchev–Trinajstić information content (AvgIpc) is 2.76. The topological polar surface area (TPSA) is 63.9 Å². The van der Waals surface area contributed by atoms with Crippen molar-refractivity contribution in [3.63, 3.8) is 0 Å². The van der Waals surface area contributed by atoms with Crippen LogP contribution in [0.1, 0.15) is 19.3 Å². The standard InChI is InChI=1S/C14H16BrN3O/c15-11-6-10(12-7-14(16)18-17-12)4-5-13(11)19-8-9-2-1-3-9/h4-7,9H,1-3,8H2,(H3,16,17,18). The van der Waals surface area contributed by atoms with Gasteiger partial charge >= 0.3 is 0 Å². The minimum atomic E-state index is 0.497. The molecular formula is C14H16BrN3O. The highest BCUT2D eigenvalue weighted by Gasteiger charge is 2.18. The molecule has 0 bridgehead atoms. The molecule has 5 heteroatoms. The summed E-state index contributed by atoms with van der Waals surface area (Å²) < 4.78 is 6.80. The normalized spacial score (nSPS) is 15.2. The number of benzene rings is 1. The molecule has 100 valence electrons. The van der Waals surface area contributed by atoms with Crippen LogP contribution in [0.2, 0.25) is 0 Å². The smallest absolute Gasteiger partial charge is 0.145 e. The number of anilines is 1. The predicted molar refractivity (Wildman–Crippen MR) is 79.0 cm³/mol. The third-order valence-corrected chi connectivity index (χ3v) is 4.16. The predicted octanol–water partition coefficient (Wildman–Crippen LogP) is 3.60. The summed E-state index contributed by atoms with van der Waals surface area (Å²) in [5.41, 5.74) is 7.55. The van der Waals surface area contributed by atoms with E-state index in [9.17, 15) is 0 Å². The number of hydrogen-bond donors (Lipinski definition) is 2. The van der Waals surface area contributed by atoms with Gasteiger partial charge in [-0.15, -0.1) is 0 Å². The van der Waals surface area contributed by atoms with Crippen molar-refractivity contribution in [2.45, 2.75) is 19.3 Å². The minimum Gasteiger partial charge on any atom is -0.492 e. The molecule has 0 spiro atoms. The van der Waals surface area contributed by atoms with Crippen LogP contribution in [0.15, 0.2) is 28.7 Å². The number of nitrogen functional groups attached to an aromatic ring is 1. The third kappa shape index (κ3) is 2.76. The Morgan fingerprint density at radius 1 is 1.37 bits per heavy atom. The second kappa shape index (κ2) is 5.25. The molecule has 1 aromatic carbocycles. The summed E-state index contributed by atoms with van der Waals surface area (Å²) in [4.78, 5) is 0. The fourth-order valence-electron chi connectivity index (χ4n) is 2.14. The molecule has 0 unspecified atom stereocenters. The first-order valence-corrected chi connectivity index (χ1v) is 7.25. The maximum atomic E-state index is 5.84. The first kappa shape index (κ1) is 12.5. The van der Waals surface area contributed by atoms with Crippen LogP contribution in [-0.2, 0) is 0 Å². The number of nitrogens with zero attached hydrogens (tertiary/aromatic N) is 1. The van der Waals surface area contributed by atoms with Crippen LogP contribution < -0.4 is 10.5 Å². The first-order valence-electron chi connectivity index (χ1n) is 6.46. The molecule has 4 nitrogen and oxygen atoms in total. The molecule has 1 heterocycles. The molecule has 0 amide bonds. The Morgan fingerprint density at radius 2 is 2.21 bits per heavy atom. The number of hydrogen-bond acceptors (Lipinski definition) is 3. The zero-order chi connectivity index (χ0) is 13.2. The largest absolute Gasteiger partial charge is 0.492 e. The maximum absolute atomic E-state index is 5.84. The number of aromatic amines is 1. The molecule has 1 saturated carbocycles. The van der Waals surface area contributed by atoms with Gasteiger partial charge in [0.1, 0.15) is 11.6 Å². The van der Waals surface area contributed by atoms with Crippen LogP contribution in [0.4, 0.5) is 5.82 Å². The molecule has 19 heavy (non-hydrogen) atoms. The van der Waals surface area contributed by atoms with E-state index in [0.717, 1.165) is 34.0 Å². The van der Waals surface area contributed by atoms with Crippen LogP contribution in [0, 0.1) is 5.92 Å². The molecule has 0 radical (unpaired) electrons. The van der Waals surface area contributed by atoms with Gasteiger partial charge in [-0.05, 0) is 52.9 Å². The van der Waals surface area contributed by atoms with Crippen molar-refractivity contribution in [3.05, 3.63) is 28.7 Å². The molecule has 3 N–H and O–H groups in total. The molecule has 2 aromatic rings. The Labute approximate surface area is 120 Å². The van der Waals surface area contributed by atoms with Gasteiger partial charge in [0.15, 0.2) is 0 Å². The van der Waals surface area contributed by atoms with Crippen molar-refractivity contribution in [3.8, 4) is 17.0 Å². The maximum Gasteiger partial charge on any atom is 0.145 e. The van der Waals surface area contributed by atoms with Crippen molar-refractivity contribution in [2.75, 3.05) is 12.3 Å². The lowest BCUT2D eigenvalue weighted by Crippen LogP contribution is -2.19.